The highest BCUT2D eigenvalue weighted by Crippen LogP contribution is 2.76. The van der Waals surface area contributed by atoms with Crippen molar-refractivity contribution < 1.29 is 34.8 Å². The predicted molar refractivity (Wildman–Crippen MR) is 176 cm³/mol. The lowest BCUT2D eigenvalue weighted by Crippen LogP contribution is -2.69. The van der Waals surface area contributed by atoms with Crippen molar-refractivity contribution in [2.75, 3.05) is 0 Å². The molecule has 6 rings (SSSR count). The maximum atomic E-state index is 13.1. The number of aromatic hydroxyl groups is 1. The van der Waals surface area contributed by atoms with Crippen molar-refractivity contribution in [2.24, 2.45) is 50.7 Å². The van der Waals surface area contributed by atoms with E-state index < -0.39 is 46.5 Å². The lowest BCUT2D eigenvalue weighted by atomic mass is 9.33. The summed E-state index contributed by atoms with van der Waals surface area (Å²) in [6, 6.07) is 6.56. The van der Waals surface area contributed by atoms with Crippen molar-refractivity contribution in [3.8, 4) is 5.75 Å². The minimum atomic E-state index is -1.11. The first-order chi connectivity index (χ1) is 21.3. The van der Waals surface area contributed by atoms with Crippen LogP contribution in [-0.2, 0) is 14.3 Å². The Morgan fingerprint density at radius 1 is 0.935 bits per heavy atom. The zero-order chi connectivity index (χ0) is 33.7. The number of benzene rings is 1. The number of phenolic OH excluding ortho intramolecular Hbond substituents is 1. The van der Waals surface area contributed by atoms with E-state index >= 15 is 0 Å². The van der Waals surface area contributed by atoms with Gasteiger partial charge in [0.05, 0.1) is 17.1 Å². The lowest BCUT2D eigenvalue weighted by Gasteiger charge is -2.72. The van der Waals surface area contributed by atoms with Crippen LogP contribution in [0.3, 0.4) is 0 Å². The van der Waals surface area contributed by atoms with Crippen molar-refractivity contribution in [1.29, 1.82) is 0 Å². The Hall–Kier alpha value is -2.64. The number of carbonyl (C=O) groups is 2. The van der Waals surface area contributed by atoms with Crippen LogP contribution >= 0.6 is 0 Å². The van der Waals surface area contributed by atoms with Gasteiger partial charge < -0.3 is 25.2 Å². The summed E-state index contributed by atoms with van der Waals surface area (Å²) < 4.78 is 6.05. The number of aliphatic hydroxyl groups excluding tert-OH is 1. The average Bonchev–Trinajstić information content (AvgIpc) is 2.97. The van der Waals surface area contributed by atoms with E-state index in [2.05, 4.69) is 47.6 Å². The highest BCUT2D eigenvalue weighted by molar-refractivity contribution is 5.87. The molecular weight excluding hydrogens is 580 g/mol. The van der Waals surface area contributed by atoms with E-state index in [-0.39, 0.29) is 39.7 Å². The molecule has 0 unspecified atom stereocenters. The Kier molecular flexibility index (Phi) is 7.73. The van der Waals surface area contributed by atoms with E-state index in [1.807, 2.05) is 6.92 Å². The number of aliphatic carboxylic acids is 1. The summed E-state index contributed by atoms with van der Waals surface area (Å²) in [5, 5.41) is 44.0. The summed E-state index contributed by atoms with van der Waals surface area (Å²) in [5.41, 5.74) is -1.32. The second-order valence-electron chi connectivity index (χ2n) is 17.2. The van der Waals surface area contributed by atoms with Gasteiger partial charge in [0, 0.05) is 12.0 Å². The molecule has 0 heterocycles. The van der Waals surface area contributed by atoms with Crippen LogP contribution in [-0.4, -0.2) is 50.2 Å². The van der Waals surface area contributed by atoms with Gasteiger partial charge in [0.2, 0.25) is 0 Å². The van der Waals surface area contributed by atoms with E-state index in [0.29, 0.717) is 25.7 Å². The minimum absolute atomic E-state index is 0.00572. The second kappa shape index (κ2) is 10.7. The van der Waals surface area contributed by atoms with Crippen molar-refractivity contribution >= 4 is 18.0 Å². The van der Waals surface area contributed by atoms with Crippen LogP contribution in [0.1, 0.15) is 105 Å². The zero-order valence-corrected chi connectivity index (χ0v) is 28.7. The van der Waals surface area contributed by atoms with E-state index in [9.17, 15) is 30.0 Å². The van der Waals surface area contributed by atoms with Crippen LogP contribution in [0.15, 0.2) is 42.0 Å². The minimum Gasteiger partial charge on any atom is -0.508 e. The van der Waals surface area contributed by atoms with Gasteiger partial charge in [0.1, 0.15) is 11.9 Å². The molecule has 0 radical (unpaired) electrons. The molecule has 1 aromatic carbocycles. The molecule has 11 atom stereocenters. The Balaban J connectivity index is 1.35. The molecule has 1 aromatic rings. The van der Waals surface area contributed by atoms with Crippen molar-refractivity contribution in [2.45, 2.75) is 118 Å². The Morgan fingerprint density at radius 2 is 1.61 bits per heavy atom. The fraction of sp³-hybridized carbons (Fsp3) is 0.692. The molecular formula is C39H54O7. The molecule has 4 fully saturated rings. The Morgan fingerprint density at radius 3 is 2.26 bits per heavy atom. The van der Waals surface area contributed by atoms with Gasteiger partial charge in [-0.2, -0.15) is 0 Å². The number of allylic oxidation sites excluding steroid dienone is 1. The predicted octanol–water partition coefficient (Wildman–Crippen LogP) is 7.15. The van der Waals surface area contributed by atoms with Gasteiger partial charge in [0.15, 0.2) is 0 Å². The highest BCUT2D eigenvalue weighted by atomic mass is 16.6. The molecule has 252 valence electrons. The molecule has 4 N–H and O–H groups in total. The maximum Gasteiger partial charge on any atom is 0.331 e. The maximum absolute atomic E-state index is 13.1. The number of esters is 1. The van der Waals surface area contributed by atoms with Gasteiger partial charge in [-0.25, -0.2) is 4.79 Å². The first-order valence-corrected chi connectivity index (χ1v) is 17.4. The van der Waals surface area contributed by atoms with E-state index in [0.717, 1.165) is 36.8 Å². The zero-order valence-electron chi connectivity index (χ0n) is 28.7. The number of hydrogen-bond donors (Lipinski definition) is 4. The van der Waals surface area contributed by atoms with E-state index in [4.69, 9.17) is 4.74 Å². The van der Waals surface area contributed by atoms with Gasteiger partial charge >= 0.3 is 11.9 Å². The number of carboxylic acids is 1. The van der Waals surface area contributed by atoms with Gasteiger partial charge in [-0.05, 0) is 121 Å². The van der Waals surface area contributed by atoms with Gasteiger partial charge in [0.25, 0.3) is 0 Å². The third kappa shape index (κ3) is 4.50. The standard InChI is InChI=1S/C39H54O7/c1-23-16-19-39(33(43)44)21-20-36(5)26(31(39)38(23,7)45)13-14-29-35(4)22-27(32(42)34(2,3)28(35)17-18-37(29,36)6)46-30(41)15-10-24-8-11-25(40)12-9-24/h8-13,15,23,27-29,31-32,40,42,45H,14,16-22H2,1-7H3,(H,43,44)/b15-10-/t23-,27-,28+,29-,31-,32+,35+,36-,37-,38-,39+/m1/s1. The molecule has 0 bridgehead atoms. The molecule has 0 spiro atoms. The summed E-state index contributed by atoms with van der Waals surface area (Å²) in [6.45, 7) is 15.2. The van der Waals surface area contributed by atoms with Crippen LogP contribution in [0, 0.1) is 50.7 Å². The van der Waals surface area contributed by atoms with E-state index in [1.54, 1.807) is 30.3 Å². The monoisotopic (exact) mass is 634 g/mol. The smallest absolute Gasteiger partial charge is 0.331 e. The molecule has 5 aliphatic rings. The molecule has 7 heteroatoms. The molecule has 0 amide bonds. The number of hydrogen-bond acceptors (Lipinski definition) is 6. The van der Waals surface area contributed by atoms with Crippen molar-refractivity contribution in [3.63, 3.8) is 0 Å². The number of fused-ring (bicyclic) bond motifs is 7. The topological polar surface area (TPSA) is 124 Å². The number of carbonyl (C=O) groups excluding carboxylic acids is 1. The second-order valence-corrected chi connectivity index (χ2v) is 17.2. The van der Waals surface area contributed by atoms with Crippen molar-refractivity contribution in [3.05, 3.63) is 47.6 Å². The lowest BCUT2D eigenvalue weighted by molar-refractivity contribution is -0.241. The summed E-state index contributed by atoms with van der Waals surface area (Å²) in [4.78, 5) is 26.1. The first-order valence-electron chi connectivity index (χ1n) is 17.4. The molecule has 0 aliphatic heterocycles. The quantitative estimate of drug-likeness (QED) is 0.158. The first kappa shape index (κ1) is 33.3. The van der Waals surface area contributed by atoms with Gasteiger partial charge in [-0.3, -0.25) is 4.79 Å². The number of carboxylic acid groups (broad SMARTS) is 1. The van der Waals surface area contributed by atoms with Gasteiger partial charge in [-0.1, -0.05) is 65.3 Å². The summed E-state index contributed by atoms with van der Waals surface area (Å²) in [6.07, 6.45) is 9.73. The summed E-state index contributed by atoms with van der Waals surface area (Å²) in [5.74, 6) is -1.10. The summed E-state index contributed by atoms with van der Waals surface area (Å²) in [7, 11) is 0. The Labute approximate surface area is 274 Å². The average molecular weight is 635 g/mol. The van der Waals surface area contributed by atoms with E-state index in [1.165, 1.54) is 6.08 Å². The molecule has 5 aliphatic carbocycles. The molecule has 4 saturated carbocycles. The number of aliphatic hydroxyl groups is 2. The fourth-order valence-corrected chi connectivity index (χ4v) is 12.0. The third-order valence-corrected chi connectivity index (χ3v) is 15.0. The van der Waals surface area contributed by atoms with Crippen LogP contribution in [0.2, 0.25) is 0 Å². The van der Waals surface area contributed by atoms with Crippen molar-refractivity contribution in [1.82, 2.24) is 0 Å². The SMILES string of the molecule is C[C@@H]1CC[C@]2(C(=O)O)CC[C@]3(C)C(=CC[C@@H]4[C@@]5(C)C[C@@H](OC(=O)/C=C\c6ccc(O)cc6)[C@H](O)C(C)(C)[C@@H]5CC[C@]43C)[C@@H]2[C@]1(C)O. The molecule has 7 nitrogen and oxygen atoms in total. The number of rotatable bonds is 4. The summed E-state index contributed by atoms with van der Waals surface area (Å²) >= 11 is 0. The van der Waals surface area contributed by atoms with Crippen LogP contribution in [0.4, 0.5) is 0 Å². The molecule has 0 saturated heterocycles. The highest BCUT2D eigenvalue weighted by Gasteiger charge is 2.72. The normalized spacial score (nSPS) is 46.2. The number of phenols is 1. The number of ether oxygens (including phenoxy) is 1. The molecule has 0 aromatic heterocycles. The Bertz CT molecular complexity index is 1460. The van der Waals surface area contributed by atoms with Gasteiger partial charge in [-0.15, -0.1) is 0 Å². The fourth-order valence-electron chi connectivity index (χ4n) is 12.0. The van der Waals surface area contributed by atoms with Crippen LogP contribution < -0.4 is 0 Å². The third-order valence-electron chi connectivity index (χ3n) is 15.0. The largest absolute Gasteiger partial charge is 0.508 e. The van der Waals surface area contributed by atoms with Crippen LogP contribution in [0.5, 0.6) is 5.75 Å². The molecule has 46 heavy (non-hydrogen) atoms. The van der Waals surface area contributed by atoms with Crippen LogP contribution in [0.25, 0.3) is 6.08 Å².